The van der Waals surface area contributed by atoms with Crippen LogP contribution in [-0.4, -0.2) is 38.4 Å². The number of amides is 1. The summed E-state index contributed by atoms with van der Waals surface area (Å²) in [6, 6.07) is 12.0. The molecule has 0 saturated carbocycles. The summed E-state index contributed by atoms with van der Waals surface area (Å²) in [6.45, 7) is 2.73. The number of rotatable bonds is 7. The molecule has 0 bridgehead atoms. The first-order valence-corrected chi connectivity index (χ1v) is 9.45. The quantitative estimate of drug-likeness (QED) is 0.597. The van der Waals surface area contributed by atoms with Crippen molar-refractivity contribution in [1.82, 2.24) is 19.7 Å². The molecule has 2 heterocycles. The Morgan fingerprint density at radius 3 is 2.58 bits per heavy atom. The molecule has 7 heteroatoms. The van der Waals surface area contributed by atoms with Crippen LogP contribution in [0.4, 0.5) is 0 Å². The van der Waals surface area contributed by atoms with E-state index in [1.165, 1.54) is 17.3 Å². The van der Waals surface area contributed by atoms with E-state index in [9.17, 15) is 4.79 Å². The van der Waals surface area contributed by atoms with Gasteiger partial charge in [0.05, 0.1) is 12.0 Å². The van der Waals surface area contributed by atoms with Gasteiger partial charge in [-0.2, -0.15) is 0 Å². The molecule has 6 nitrogen and oxygen atoms in total. The highest BCUT2D eigenvalue weighted by atomic mass is 32.2. The number of carbonyl (C=O) groups excluding carboxylic acids is 1. The van der Waals surface area contributed by atoms with E-state index in [4.69, 9.17) is 4.42 Å². The maximum absolute atomic E-state index is 12.4. The Balaban J connectivity index is 1.56. The fourth-order valence-corrected chi connectivity index (χ4v) is 3.39. The van der Waals surface area contributed by atoms with Gasteiger partial charge in [0.1, 0.15) is 0 Å². The van der Waals surface area contributed by atoms with Gasteiger partial charge in [0.2, 0.25) is 5.91 Å². The highest BCUT2D eigenvalue weighted by Gasteiger charge is 2.16. The minimum absolute atomic E-state index is 0.0529. The zero-order chi connectivity index (χ0) is 18.5. The van der Waals surface area contributed by atoms with Gasteiger partial charge in [-0.3, -0.25) is 4.79 Å². The van der Waals surface area contributed by atoms with Crippen molar-refractivity contribution in [1.29, 1.82) is 0 Å². The number of aromatic nitrogens is 3. The van der Waals surface area contributed by atoms with Crippen molar-refractivity contribution in [3.05, 3.63) is 53.8 Å². The molecular formula is C19H22N4O2S. The SMILES string of the molecule is CCc1ccc(CN(C)C(=O)CSc2nnc(-c3ccco3)n2C)cc1. The van der Waals surface area contributed by atoms with Gasteiger partial charge in [0.15, 0.2) is 16.7 Å². The molecule has 1 aromatic carbocycles. The minimum atomic E-state index is 0.0529. The first-order valence-electron chi connectivity index (χ1n) is 8.46. The van der Waals surface area contributed by atoms with Crippen molar-refractivity contribution in [2.75, 3.05) is 12.8 Å². The normalized spacial score (nSPS) is 10.9. The van der Waals surface area contributed by atoms with Crippen molar-refractivity contribution < 1.29 is 9.21 Å². The molecule has 0 aliphatic carbocycles. The largest absolute Gasteiger partial charge is 0.461 e. The second-order valence-corrected chi connectivity index (χ2v) is 6.99. The molecule has 0 fully saturated rings. The maximum Gasteiger partial charge on any atom is 0.233 e. The Bertz CT molecular complexity index is 856. The van der Waals surface area contributed by atoms with Gasteiger partial charge in [0, 0.05) is 20.6 Å². The molecule has 0 saturated heterocycles. The van der Waals surface area contributed by atoms with Gasteiger partial charge < -0.3 is 13.9 Å². The molecule has 0 aliphatic rings. The number of hydrogen-bond donors (Lipinski definition) is 0. The summed E-state index contributed by atoms with van der Waals surface area (Å²) >= 11 is 1.37. The van der Waals surface area contributed by atoms with E-state index in [2.05, 4.69) is 41.4 Å². The van der Waals surface area contributed by atoms with Crippen molar-refractivity contribution in [2.45, 2.75) is 25.0 Å². The molecule has 0 unspecified atom stereocenters. The van der Waals surface area contributed by atoms with Crippen LogP contribution >= 0.6 is 11.8 Å². The molecule has 1 amide bonds. The van der Waals surface area contributed by atoms with Crippen LogP contribution in [-0.2, 0) is 24.8 Å². The lowest BCUT2D eigenvalue weighted by Crippen LogP contribution is -2.27. The van der Waals surface area contributed by atoms with Gasteiger partial charge in [0.25, 0.3) is 0 Å². The Morgan fingerprint density at radius 2 is 1.92 bits per heavy atom. The molecular weight excluding hydrogens is 348 g/mol. The van der Waals surface area contributed by atoms with Gasteiger partial charge in [-0.05, 0) is 29.7 Å². The summed E-state index contributed by atoms with van der Waals surface area (Å²) in [5.41, 5.74) is 2.43. The highest BCUT2D eigenvalue weighted by molar-refractivity contribution is 7.99. The number of benzene rings is 1. The van der Waals surface area contributed by atoms with E-state index < -0.39 is 0 Å². The first kappa shape index (κ1) is 18.3. The van der Waals surface area contributed by atoms with Crippen molar-refractivity contribution in [3.63, 3.8) is 0 Å². The van der Waals surface area contributed by atoms with E-state index in [0.29, 0.717) is 29.0 Å². The molecule has 26 heavy (non-hydrogen) atoms. The highest BCUT2D eigenvalue weighted by Crippen LogP contribution is 2.23. The van der Waals surface area contributed by atoms with Gasteiger partial charge in [-0.25, -0.2) is 0 Å². The zero-order valence-electron chi connectivity index (χ0n) is 15.2. The third kappa shape index (κ3) is 4.16. The Hall–Kier alpha value is -2.54. The summed E-state index contributed by atoms with van der Waals surface area (Å²) in [7, 11) is 3.69. The summed E-state index contributed by atoms with van der Waals surface area (Å²) in [4.78, 5) is 14.2. The molecule has 0 aliphatic heterocycles. The molecule has 0 N–H and O–H groups in total. The van der Waals surface area contributed by atoms with Crippen LogP contribution < -0.4 is 0 Å². The van der Waals surface area contributed by atoms with E-state index in [1.807, 2.05) is 30.8 Å². The van der Waals surface area contributed by atoms with Crippen molar-refractivity contribution in [3.8, 4) is 11.6 Å². The summed E-state index contributed by atoms with van der Waals surface area (Å²) in [6.07, 6.45) is 2.62. The van der Waals surface area contributed by atoms with Crippen molar-refractivity contribution >= 4 is 17.7 Å². The number of hydrogen-bond acceptors (Lipinski definition) is 5. The lowest BCUT2D eigenvalue weighted by molar-refractivity contribution is -0.127. The predicted octanol–water partition coefficient (Wildman–Crippen LogP) is 3.39. The minimum Gasteiger partial charge on any atom is -0.461 e. The third-order valence-corrected chi connectivity index (χ3v) is 5.18. The van der Waals surface area contributed by atoms with Crippen LogP contribution in [0.3, 0.4) is 0 Å². The molecule has 136 valence electrons. The Labute approximate surface area is 157 Å². The second kappa shape index (κ2) is 8.23. The third-order valence-electron chi connectivity index (χ3n) is 4.18. The topological polar surface area (TPSA) is 64.2 Å². The van der Waals surface area contributed by atoms with Gasteiger partial charge in [-0.1, -0.05) is 43.0 Å². The predicted molar refractivity (Wildman–Crippen MR) is 102 cm³/mol. The van der Waals surface area contributed by atoms with Crippen LogP contribution in [0.15, 0.2) is 52.2 Å². The fraction of sp³-hybridized carbons (Fsp3) is 0.316. The smallest absolute Gasteiger partial charge is 0.233 e. The van der Waals surface area contributed by atoms with Crippen molar-refractivity contribution in [2.24, 2.45) is 7.05 Å². The number of thioether (sulfide) groups is 1. The van der Waals surface area contributed by atoms with E-state index in [-0.39, 0.29) is 5.91 Å². The number of furan rings is 1. The average molecular weight is 370 g/mol. The van der Waals surface area contributed by atoms with E-state index in [1.54, 1.807) is 11.2 Å². The van der Waals surface area contributed by atoms with Crippen LogP contribution in [0.5, 0.6) is 0 Å². The molecule has 0 atom stereocenters. The first-order chi connectivity index (χ1) is 12.6. The van der Waals surface area contributed by atoms with Crippen LogP contribution in [0.25, 0.3) is 11.6 Å². The average Bonchev–Trinajstić information content (AvgIpc) is 3.30. The summed E-state index contributed by atoms with van der Waals surface area (Å²) in [5.74, 6) is 1.67. The molecule has 0 spiro atoms. The Morgan fingerprint density at radius 1 is 1.19 bits per heavy atom. The second-order valence-electron chi connectivity index (χ2n) is 6.05. The van der Waals surface area contributed by atoms with E-state index >= 15 is 0 Å². The number of nitrogens with zero attached hydrogens (tertiary/aromatic N) is 4. The van der Waals surface area contributed by atoms with Crippen LogP contribution in [0.2, 0.25) is 0 Å². The Kier molecular flexibility index (Phi) is 5.78. The molecule has 3 aromatic rings. The summed E-state index contributed by atoms with van der Waals surface area (Å²) in [5, 5.41) is 8.98. The number of carbonyl (C=O) groups is 1. The fourth-order valence-electron chi connectivity index (χ4n) is 2.54. The standard InChI is InChI=1S/C19H22N4O2S/c1-4-14-7-9-15(10-8-14)12-22(2)17(24)13-26-19-21-20-18(23(19)3)16-6-5-11-25-16/h5-11H,4,12-13H2,1-3H3. The lowest BCUT2D eigenvalue weighted by Gasteiger charge is -2.17. The maximum atomic E-state index is 12.4. The van der Waals surface area contributed by atoms with Crippen LogP contribution in [0.1, 0.15) is 18.1 Å². The molecule has 0 radical (unpaired) electrons. The molecule has 2 aromatic heterocycles. The van der Waals surface area contributed by atoms with Gasteiger partial charge in [-0.15, -0.1) is 10.2 Å². The lowest BCUT2D eigenvalue weighted by atomic mass is 10.1. The molecule has 3 rings (SSSR count). The van der Waals surface area contributed by atoms with Gasteiger partial charge >= 0.3 is 0 Å². The number of aryl methyl sites for hydroxylation is 1. The van der Waals surface area contributed by atoms with Crippen LogP contribution in [0, 0.1) is 0 Å². The zero-order valence-corrected chi connectivity index (χ0v) is 16.0. The monoisotopic (exact) mass is 370 g/mol. The summed E-state index contributed by atoms with van der Waals surface area (Å²) < 4.78 is 7.19. The van der Waals surface area contributed by atoms with E-state index in [0.717, 1.165) is 12.0 Å².